The number of carbonyl (C=O) groups is 1. The van der Waals surface area contributed by atoms with Crippen LogP contribution in [0.3, 0.4) is 0 Å². The first-order valence-electron chi connectivity index (χ1n) is 8.46. The van der Waals surface area contributed by atoms with Crippen molar-refractivity contribution in [3.05, 3.63) is 23.8 Å². The summed E-state index contributed by atoms with van der Waals surface area (Å²) in [6.07, 6.45) is 5.79. The number of fused-ring (bicyclic) bond motifs is 2. The summed E-state index contributed by atoms with van der Waals surface area (Å²) < 4.78 is 0. The number of benzene rings is 1. The van der Waals surface area contributed by atoms with Gasteiger partial charge in [-0.1, -0.05) is 33.3 Å². The third-order valence-electron chi connectivity index (χ3n) is 5.47. The monoisotopic (exact) mass is 301 g/mol. The summed E-state index contributed by atoms with van der Waals surface area (Å²) in [6.45, 7) is 6.38. The molecule has 2 aliphatic rings. The fourth-order valence-electron chi connectivity index (χ4n) is 4.17. The molecule has 3 atom stereocenters. The second-order valence-corrected chi connectivity index (χ2v) is 8.17. The Balaban J connectivity index is 1.66. The highest BCUT2D eigenvalue weighted by atomic mass is 16.3. The minimum absolute atomic E-state index is 0.00220. The van der Waals surface area contributed by atoms with Gasteiger partial charge in [-0.3, -0.25) is 4.79 Å². The predicted octanol–water partition coefficient (Wildman–Crippen LogP) is 4.45. The molecule has 0 heterocycles. The van der Waals surface area contributed by atoms with E-state index in [9.17, 15) is 9.90 Å². The second kappa shape index (κ2) is 5.60. The van der Waals surface area contributed by atoms with E-state index in [0.717, 1.165) is 17.4 Å². The Kier molecular flexibility index (Phi) is 3.92. The van der Waals surface area contributed by atoms with Crippen molar-refractivity contribution >= 4 is 11.6 Å². The first kappa shape index (κ1) is 15.4. The lowest BCUT2D eigenvalue weighted by Gasteiger charge is -2.22. The van der Waals surface area contributed by atoms with E-state index in [2.05, 4.69) is 26.1 Å². The molecule has 2 fully saturated rings. The van der Waals surface area contributed by atoms with Crippen LogP contribution in [0.5, 0.6) is 5.75 Å². The average molecular weight is 301 g/mol. The van der Waals surface area contributed by atoms with Gasteiger partial charge in [0.05, 0.1) is 5.69 Å². The van der Waals surface area contributed by atoms with Gasteiger partial charge in [0.2, 0.25) is 5.91 Å². The molecule has 0 radical (unpaired) electrons. The third kappa shape index (κ3) is 3.13. The van der Waals surface area contributed by atoms with Gasteiger partial charge in [0.15, 0.2) is 0 Å². The second-order valence-electron chi connectivity index (χ2n) is 8.17. The summed E-state index contributed by atoms with van der Waals surface area (Å²) in [6, 6.07) is 5.49. The van der Waals surface area contributed by atoms with Crippen molar-refractivity contribution in [2.45, 2.75) is 58.3 Å². The molecule has 2 aliphatic carbocycles. The molecule has 0 saturated heterocycles. The molecule has 0 aromatic heterocycles. The van der Waals surface area contributed by atoms with Gasteiger partial charge in [-0.15, -0.1) is 0 Å². The number of phenolic OH excluding ortho intramolecular Hbond substituents is 1. The van der Waals surface area contributed by atoms with Crippen LogP contribution in [0.25, 0.3) is 0 Å². The van der Waals surface area contributed by atoms with Crippen LogP contribution in [-0.2, 0) is 10.2 Å². The molecule has 0 aliphatic heterocycles. The summed E-state index contributed by atoms with van der Waals surface area (Å²) in [7, 11) is 0. The Morgan fingerprint density at radius 2 is 2.05 bits per heavy atom. The maximum absolute atomic E-state index is 12.3. The first-order valence-corrected chi connectivity index (χ1v) is 8.46. The molecule has 22 heavy (non-hydrogen) atoms. The maximum Gasteiger partial charge on any atom is 0.224 e. The van der Waals surface area contributed by atoms with E-state index in [1.807, 2.05) is 12.1 Å². The molecule has 2 N–H and O–H groups in total. The minimum atomic E-state index is -0.00220. The summed E-state index contributed by atoms with van der Waals surface area (Å²) in [4.78, 5) is 12.3. The summed E-state index contributed by atoms with van der Waals surface area (Å²) in [5.74, 6) is 2.35. The number of carbonyl (C=O) groups excluding carboxylic acids is 1. The minimum Gasteiger partial charge on any atom is -0.506 e. The third-order valence-corrected chi connectivity index (χ3v) is 5.47. The normalized spacial score (nSPS) is 27.1. The van der Waals surface area contributed by atoms with Gasteiger partial charge in [0, 0.05) is 6.42 Å². The average Bonchev–Trinajstić information content (AvgIpc) is 3.02. The Morgan fingerprint density at radius 1 is 1.27 bits per heavy atom. The molecule has 1 amide bonds. The lowest BCUT2D eigenvalue weighted by atomic mass is 9.86. The molecule has 120 valence electrons. The van der Waals surface area contributed by atoms with Gasteiger partial charge in [-0.2, -0.15) is 0 Å². The van der Waals surface area contributed by atoms with Crippen LogP contribution >= 0.6 is 0 Å². The largest absolute Gasteiger partial charge is 0.506 e. The number of rotatable bonds is 3. The van der Waals surface area contributed by atoms with Gasteiger partial charge >= 0.3 is 0 Å². The van der Waals surface area contributed by atoms with Gasteiger partial charge in [0.25, 0.3) is 0 Å². The van der Waals surface area contributed by atoms with E-state index in [4.69, 9.17) is 0 Å². The van der Waals surface area contributed by atoms with Crippen molar-refractivity contribution < 1.29 is 9.90 Å². The van der Waals surface area contributed by atoms with Crippen molar-refractivity contribution in [3.8, 4) is 5.75 Å². The van der Waals surface area contributed by atoms with E-state index in [0.29, 0.717) is 18.0 Å². The van der Waals surface area contributed by atoms with Gasteiger partial charge in [-0.25, -0.2) is 0 Å². The highest BCUT2D eigenvalue weighted by Gasteiger charge is 2.40. The zero-order chi connectivity index (χ0) is 15.9. The zero-order valence-electron chi connectivity index (χ0n) is 13.9. The Bertz CT molecular complexity index is 573. The molecular formula is C19H27NO2. The predicted molar refractivity (Wildman–Crippen MR) is 89.0 cm³/mol. The topological polar surface area (TPSA) is 49.3 Å². The quantitative estimate of drug-likeness (QED) is 0.810. The standard InChI is InChI=1S/C19H27NO2/c1-19(2,3)15-6-7-17(21)16(11-15)20-18(22)10-14-9-12-4-5-13(14)8-12/h6-7,11-14,21H,4-5,8-10H2,1-3H3,(H,20,22). The van der Waals surface area contributed by atoms with E-state index >= 15 is 0 Å². The molecule has 3 unspecified atom stereocenters. The van der Waals surface area contributed by atoms with Crippen molar-refractivity contribution in [3.63, 3.8) is 0 Å². The smallest absolute Gasteiger partial charge is 0.224 e. The zero-order valence-corrected chi connectivity index (χ0v) is 13.9. The van der Waals surface area contributed by atoms with E-state index in [-0.39, 0.29) is 17.1 Å². The van der Waals surface area contributed by atoms with Crippen molar-refractivity contribution in [1.29, 1.82) is 0 Å². The van der Waals surface area contributed by atoms with E-state index in [1.54, 1.807) is 6.07 Å². The molecular weight excluding hydrogens is 274 g/mol. The molecule has 0 spiro atoms. The SMILES string of the molecule is CC(C)(C)c1ccc(O)c(NC(=O)CC2CC3CCC2C3)c1. The molecule has 2 saturated carbocycles. The Morgan fingerprint density at radius 3 is 2.64 bits per heavy atom. The number of amides is 1. The molecule has 2 bridgehead atoms. The molecule has 3 heteroatoms. The van der Waals surface area contributed by atoms with Crippen LogP contribution < -0.4 is 5.32 Å². The number of phenols is 1. The van der Waals surface area contributed by atoms with E-state index < -0.39 is 0 Å². The van der Waals surface area contributed by atoms with Crippen molar-refractivity contribution in [2.24, 2.45) is 17.8 Å². The van der Waals surface area contributed by atoms with Gasteiger partial charge in [0.1, 0.15) is 5.75 Å². The molecule has 3 nitrogen and oxygen atoms in total. The lowest BCUT2D eigenvalue weighted by molar-refractivity contribution is -0.117. The van der Waals surface area contributed by atoms with Crippen LogP contribution in [0.2, 0.25) is 0 Å². The summed E-state index contributed by atoms with van der Waals surface area (Å²) >= 11 is 0. The number of aromatic hydroxyl groups is 1. The van der Waals surface area contributed by atoms with E-state index in [1.165, 1.54) is 25.7 Å². The number of hydrogen-bond donors (Lipinski definition) is 2. The highest BCUT2D eigenvalue weighted by Crippen LogP contribution is 2.49. The summed E-state index contributed by atoms with van der Waals surface area (Å²) in [5.41, 5.74) is 1.65. The van der Waals surface area contributed by atoms with Crippen LogP contribution in [0, 0.1) is 17.8 Å². The molecule has 1 aromatic rings. The number of hydrogen-bond acceptors (Lipinski definition) is 2. The lowest BCUT2D eigenvalue weighted by Crippen LogP contribution is -2.20. The van der Waals surface area contributed by atoms with Gasteiger partial charge < -0.3 is 10.4 Å². The van der Waals surface area contributed by atoms with Gasteiger partial charge in [-0.05, 0) is 60.1 Å². The highest BCUT2D eigenvalue weighted by molar-refractivity contribution is 5.92. The van der Waals surface area contributed by atoms with Crippen LogP contribution in [0.1, 0.15) is 58.4 Å². The first-order chi connectivity index (χ1) is 10.3. The molecule has 3 rings (SSSR count). The fraction of sp³-hybridized carbons (Fsp3) is 0.632. The maximum atomic E-state index is 12.3. The van der Waals surface area contributed by atoms with Crippen molar-refractivity contribution in [2.75, 3.05) is 5.32 Å². The molecule has 1 aromatic carbocycles. The number of nitrogens with one attached hydrogen (secondary N) is 1. The number of anilines is 1. The summed E-state index contributed by atoms with van der Waals surface area (Å²) in [5, 5.41) is 12.9. The van der Waals surface area contributed by atoms with Crippen LogP contribution in [0.4, 0.5) is 5.69 Å². The van der Waals surface area contributed by atoms with Crippen LogP contribution in [0.15, 0.2) is 18.2 Å². The van der Waals surface area contributed by atoms with Crippen LogP contribution in [-0.4, -0.2) is 11.0 Å². The Hall–Kier alpha value is -1.51. The van der Waals surface area contributed by atoms with Crippen molar-refractivity contribution in [1.82, 2.24) is 0 Å². The fourth-order valence-corrected chi connectivity index (χ4v) is 4.17. The Labute approximate surface area is 133 Å².